The van der Waals surface area contributed by atoms with Crippen molar-refractivity contribution in [2.24, 2.45) is 46.2 Å². The van der Waals surface area contributed by atoms with Crippen LogP contribution in [0.15, 0.2) is 0 Å². The maximum atomic E-state index is 9.95. The van der Waals surface area contributed by atoms with Crippen LogP contribution in [0.3, 0.4) is 0 Å². The SMILES string of the molecule is [2H]C1CCC[C@]2(C)[C@H]3CC[C@]4(C)[C@@]([2H])([C@]([2H])(C([2H])([2H])[2H])C([2H])([2H])C([2H])([2H])C([2H])([2H])[2H])C([2H])([2H])C([2H])([2H])[C@@]4([2H])[C@]3([2H])C([2H])([2H])C([2H])([2H])C12[2H]. The lowest BCUT2D eigenvalue weighted by Gasteiger charge is -2.61. The molecule has 0 amide bonds. The average Bonchev–Trinajstić information content (AvgIpc) is 2.97. The molecule has 0 aromatic heterocycles. The normalized spacial score (nSPS) is 94.2. The number of hydrogen-bond acceptors (Lipinski definition) is 0. The van der Waals surface area contributed by atoms with Gasteiger partial charge in [-0.2, -0.15) is 0 Å². The van der Waals surface area contributed by atoms with Crippen molar-refractivity contribution in [2.75, 3.05) is 0 Å². The van der Waals surface area contributed by atoms with E-state index in [4.69, 9.17) is 20.6 Å². The van der Waals surface area contributed by atoms with Crippen LogP contribution >= 0.6 is 0 Å². The smallest absolute Gasteiger partial charge is 0.0311 e. The highest BCUT2D eigenvalue weighted by molar-refractivity contribution is 5.09. The first-order valence-corrected chi connectivity index (χ1v) is 8.64. The summed E-state index contributed by atoms with van der Waals surface area (Å²) in [6.45, 7) is -6.30. The Morgan fingerprint density at radius 2 is 2.12 bits per heavy atom. The quantitative estimate of drug-likeness (QED) is 0.493. The number of hydrogen-bond donors (Lipinski definition) is 0. The van der Waals surface area contributed by atoms with Gasteiger partial charge in [-0.05, 0) is 97.4 Å². The molecule has 24 heavy (non-hydrogen) atoms. The van der Waals surface area contributed by atoms with E-state index in [0.29, 0.717) is 0 Å². The first kappa shape index (κ1) is 4.88. The van der Waals surface area contributed by atoms with Gasteiger partial charge in [0.25, 0.3) is 0 Å². The van der Waals surface area contributed by atoms with E-state index >= 15 is 0 Å². The van der Waals surface area contributed by atoms with Gasteiger partial charge in [-0.1, -0.05) is 53.1 Å². The maximum absolute atomic E-state index is 9.95. The van der Waals surface area contributed by atoms with Crippen LogP contribution in [0, 0.1) is 46.2 Å². The Labute approximate surface area is 185 Å². The highest BCUT2D eigenvalue weighted by atomic mass is 14.6. The molecule has 0 spiro atoms. The van der Waals surface area contributed by atoms with Crippen molar-refractivity contribution in [1.82, 2.24) is 0 Å². The predicted molar refractivity (Wildman–Crippen MR) is 104 cm³/mol. The molecule has 4 fully saturated rings. The molecule has 0 bridgehead atoms. The van der Waals surface area contributed by atoms with Crippen LogP contribution < -0.4 is 0 Å². The van der Waals surface area contributed by atoms with E-state index in [-0.39, 0.29) is 19.3 Å². The highest BCUT2D eigenvalue weighted by Crippen LogP contribution is 2.68. The Bertz CT molecular complexity index is 1350. The molecule has 0 aromatic carbocycles. The Morgan fingerprint density at radius 3 is 2.96 bits per heavy atom. The predicted octanol–water partition coefficient (Wildman–Crippen LogP) is 7.47. The van der Waals surface area contributed by atoms with Crippen molar-refractivity contribution in [1.29, 1.82) is 0 Å². The first-order chi connectivity index (χ1) is 20.7. The summed E-state index contributed by atoms with van der Waals surface area (Å²) in [6, 6.07) is 0. The summed E-state index contributed by atoms with van der Waals surface area (Å²) in [7, 11) is 0. The standard InChI is InChI=1S/C24H42/c1-5-8-17(2)20-12-13-21-19-11-10-18-9-6-7-15-23(18,3)22(19)14-16-24(20,21)4/h17-22H,5-16H2,1-4H3/t17-,18?,19+,20-,21+,22+,23+,24-/m1/s1/i1D3,2D3,5D2,8D2,9D,10D2,11D2,12D2,13D2,17D,18D,19D,20D,21D/t9?,17-,18?,19+,20-,21+,22+,23+,24-. The molecule has 0 heterocycles. The number of rotatable bonds is 3. The molecule has 0 nitrogen and oxygen atoms in total. The molecule has 9 atom stereocenters. The van der Waals surface area contributed by atoms with Gasteiger partial charge >= 0.3 is 0 Å². The second kappa shape index (κ2) is 6.31. The van der Waals surface area contributed by atoms with E-state index in [0.717, 1.165) is 6.92 Å². The molecule has 0 aliphatic heterocycles. The lowest BCUT2D eigenvalue weighted by Crippen LogP contribution is -2.53. The Balaban J connectivity index is 2.24. The van der Waals surface area contributed by atoms with Gasteiger partial charge in [0.2, 0.25) is 0 Å². The van der Waals surface area contributed by atoms with Gasteiger partial charge in [-0.3, -0.25) is 0 Å². The summed E-state index contributed by atoms with van der Waals surface area (Å²) < 4.78 is 212. The first-order valence-electron chi connectivity index (χ1n) is 20.7. The zero-order valence-electron chi connectivity index (χ0n) is 38.2. The van der Waals surface area contributed by atoms with Gasteiger partial charge in [0.1, 0.15) is 0 Å². The van der Waals surface area contributed by atoms with Gasteiger partial charge in [0, 0.05) is 32.9 Å². The zero-order chi connectivity index (χ0) is 38.2. The van der Waals surface area contributed by atoms with E-state index in [2.05, 4.69) is 0 Å². The molecular formula is C24H42. The summed E-state index contributed by atoms with van der Waals surface area (Å²) >= 11 is 0. The van der Waals surface area contributed by atoms with Crippen molar-refractivity contribution in [3.8, 4) is 0 Å². The second-order valence-electron chi connectivity index (χ2n) is 7.64. The lowest BCUT2D eigenvalue weighted by atomic mass is 9.44. The zero-order valence-corrected chi connectivity index (χ0v) is 14.2. The summed E-state index contributed by atoms with van der Waals surface area (Å²) in [5, 5.41) is 0. The molecule has 138 valence electrons. The van der Waals surface area contributed by atoms with Crippen LogP contribution in [-0.4, -0.2) is 0 Å². The third kappa shape index (κ3) is 2.44. The van der Waals surface area contributed by atoms with E-state index in [1.165, 1.54) is 6.92 Å². The molecule has 4 rings (SSSR count). The topological polar surface area (TPSA) is 0 Å². The van der Waals surface area contributed by atoms with Gasteiger partial charge in [0.15, 0.2) is 0 Å². The fourth-order valence-electron chi connectivity index (χ4n) is 4.92. The summed E-state index contributed by atoms with van der Waals surface area (Å²) in [4.78, 5) is 0. The summed E-state index contributed by atoms with van der Waals surface area (Å²) in [5.41, 5.74) is -4.98. The molecule has 4 aliphatic rings. The highest BCUT2D eigenvalue weighted by Gasteiger charge is 2.59. The summed E-state index contributed by atoms with van der Waals surface area (Å²) in [5.74, 6) is -20.4. The molecule has 0 aromatic rings. The van der Waals surface area contributed by atoms with Crippen LogP contribution in [0.4, 0.5) is 0 Å². The van der Waals surface area contributed by atoms with Crippen LogP contribution in [0.5, 0.6) is 0 Å². The van der Waals surface area contributed by atoms with Gasteiger partial charge in [-0.15, -0.1) is 0 Å². The van der Waals surface area contributed by atoms with Crippen molar-refractivity contribution in [2.45, 2.75) is 104 Å². The monoisotopic (exact) mass is 354 g/mol. The Morgan fingerprint density at radius 1 is 1.21 bits per heavy atom. The molecular weight excluding hydrogens is 288 g/mol. The van der Waals surface area contributed by atoms with Crippen LogP contribution in [0.2, 0.25) is 0 Å². The van der Waals surface area contributed by atoms with Crippen LogP contribution in [0.25, 0.3) is 0 Å². The van der Waals surface area contributed by atoms with E-state index < -0.39 is 117 Å². The lowest BCUT2D eigenvalue weighted by molar-refractivity contribution is -0.114. The fourth-order valence-corrected chi connectivity index (χ4v) is 4.92. The van der Waals surface area contributed by atoms with E-state index in [1.807, 2.05) is 0 Å². The number of fused-ring (bicyclic) bond motifs is 5. The van der Waals surface area contributed by atoms with Gasteiger partial charge in [-0.25, -0.2) is 0 Å². The maximum Gasteiger partial charge on any atom is 0.0311 e. The Hall–Kier alpha value is 0. The van der Waals surface area contributed by atoms with E-state index in [9.17, 15) is 12.3 Å². The Kier molecular flexibility index (Phi) is 1.28. The van der Waals surface area contributed by atoms with Gasteiger partial charge in [0.05, 0.1) is 0 Å². The summed E-state index contributed by atoms with van der Waals surface area (Å²) in [6.07, 6.45) is -27.5. The minimum Gasteiger partial charge on any atom is -0.0654 e. The van der Waals surface area contributed by atoms with Crippen molar-refractivity contribution >= 4 is 0 Å². The molecule has 2 unspecified atom stereocenters. The van der Waals surface area contributed by atoms with E-state index in [1.54, 1.807) is 0 Å². The molecule has 0 saturated heterocycles. The molecule has 0 heteroatoms. The minimum absolute atomic E-state index is 0.0180. The molecule has 0 N–H and O–H groups in total. The van der Waals surface area contributed by atoms with Crippen molar-refractivity contribution in [3.63, 3.8) is 0 Å². The second-order valence-corrected chi connectivity index (χ2v) is 7.64. The largest absolute Gasteiger partial charge is 0.0654 e. The van der Waals surface area contributed by atoms with Crippen LogP contribution in [-0.2, 0) is 0 Å². The molecule has 4 aliphatic carbocycles. The van der Waals surface area contributed by atoms with Crippen molar-refractivity contribution < 1.29 is 32.9 Å². The van der Waals surface area contributed by atoms with Crippen LogP contribution in [0.1, 0.15) is 137 Å². The molecule has 0 radical (unpaired) electrons. The third-order valence-corrected chi connectivity index (χ3v) is 6.37. The minimum atomic E-state index is -4.58. The van der Waals surface area contributed by atoms with Gasteiger partial charge < -0.3 is 0 Å². The molecule has 4 saturated carbocycles. The average molecular weight is 355 g/mol. The van der Waals surface area contributed by atoms with Crippen molar-refractivity contribution in [3.05, 3.63) is 0 Å². The fraction of sp³-hybridized carbons (Fsp3) is 1.00. The third-order valence-electron chi connectivity index (χ3n) is 6.37.